The minimum atomic E-state index is -3.51. The first-order valence-corrected chi connectivity index (χ1v) is 13.7. The van der Waals surface area contributed by atoms with Crippen LogP contribution >= 0.6 is 7.37 Å². The molecule has 1 aliphatic heterocycles. The molecular formula is C25H36N5O4P. The third-order valence-corrected chi connectivity index (χ3v) is 9.31. The average Bonchev–Trinajstić information content (AvgIpc) is 2.88. The van der Waals surface area contributed by atoms with E-state index in [4.69, 9.17) is 15.9 Å². The molecule has 1 aliphatic rings. The van der Waals surface area contributed by atoms with Crippen LogP contribution < -0.4 is 16.4 Å². The molecule has 2 aromatic rings. The number of rotatable bonds is 11. The highest BCUT2D eigenvalue weighted by Gasteiger charge is 2.36. The van der Waals surface area contributed by atoms with Crippen molar-refractivity contribution < 1.29 is 19.0 Å². The van der Waals surface area contributed by atoms with Gasteiger partial charge in [0.2, 0.25) is 7.37 Å². The Morgan fingerprint density at radius 2 is 2.06 bits per heavy atom. The molecule has 5 N–H and O–H groups in total. The van der Waals surface area contributed by atoms with Crippen LogP contribution in [0.25, 0.3) is 0 Å². The number of ether oxygens (including phenoxy) is 1. The molecule has 1 amide bonds. The van der Waals surface area contributed by atoms with Gasteiger partial charge in [0.1, 0.15) is 5.82 Å². The summed E-state index contributed by atoms with van der Waals surface area (Å²) in [5.74, 6) is -0.136. The van der Waals surface area contributed by atoms with Gasteiger partial charge in [-0.05, 0) is 62.5 Å². The molecule has 1 aromatic carbocycles. The number of methoxy groups -OCH3 is 1. The number of amides is 1. The van der Waals surface area contributed by atoms with E-state index in [1.165, 1.54) is 12.3 Å². The van der Waals surface area contributed by atoms with Gasteiger partial charge in [-0.3, -0.25) is 9.36 Å². The van der Waals surface area contributed by atoms with E-state index in [9.17, 15) is 14.3 Å². The summed E-state index contributed by atoms with van der Waals surface area (Å²) in [7, 11) is -1.79. The normalized spacial score (nSPS) is 17.5. The molecule has 9 nitrogen and oxygen atoms in total. The molecule has 0 radical (unpaired) electrons. The highest BCUT2D eigenvalue weighted by atomic mass is 31.2. The van der Waals surface area contributed by atoms with Crippen molar-refractivity contribution in [2.45, 2.75) is 50.9 Å². The lowest BCUT2D eigenvalue weighted by molar-refractivity contribution is 0.0950. The van der Waals surface area contributed by atoms with Gasteiger partial charge >= 0.3 is 0 Å². The van der Waals surface area contributed by atoms with Gasteiger partial charge in [0.05, 0.1) is 5.56 Å². The predicted molar refractivity (Wildman–Crippen MR) is 139 cm³/mol. The summed E-state index contributed by atoms with van der Waals surface area (Å²) in [5.41, 5.74) is 6.93. The van der Waals surface area contributed by atoms with Crippen LogP contribution in [0.4, 0.5) is 5.82 Å². The standard InChI is InChI=1S/C25H36N5O4P/c1-3-21(10-13-34-2)30-11-8-23(9-12-30)35(32,33)22-6-4-18(5-7-22)16-29-25(31)20-14-19(15-26)24(27)28-17-20/h4-7,14-15,17,21,23,26H,3,8-13,16H2,1-2H3,(H2,27,28)(H,29,31)(H,32,33). The topological polar surface area (TPSA) is 142 Å². The summed E-state index contributed by atoms with van der Waals surface area (Å²) in [5, 5.41) is 10.6. The maximum absolute atomic E-state index is 13.4. The summed E-state index contributed by atoms with van der Waals surface area (Å²) in [6, 6.07) is 8.90. The molecule has 10 heteroatoms. The molecule has 1 saturated heterocycles. The Hall–Kier alpha value is -2.58. The third kappa shape index (κ3) is 6.76. The van der Waals surface area contributed by atoms with Gasteiger partial charge in [0, 0.05) is 55.2 Å². The first-order chi connectivity index (χ1) is 16.8. The van der Waals surface area contributed by atoms with Crippen molar-refractivity contribution in [3.8, 4) is 0 Å². The molecule has 1 aromatic heterocycles. The van der Waals surface area contributed by atoms with E-state index < -0.39 is 7.37 Å². The largest absolute Gasteiger partial charge is 0.385 e. The highest BCUT2D eigenvalue weighted by Crippen LogP contribution is 2.49. The van der Waals surface area contributed by atoms with Crippen molar-refractivity contribution >= 4 is 30.6 Å². The molecule has 3 rings (SSSR count). The second-order valence-electron chi connectivity index (χ2n) is 8.93. The summed E-state index contributed by atoms with van der Waals surface area (Å²) >= 11 is 0. The fourth-order valence-corrected chi connectivity index (χ4v) is 6.48. The number of nitrogens with zero attached hydrogens (tertiary/aromatic N) is 2. The van der Waals surface area contributed by atoms with Crippen LogP contribution in [0.2, 0.25) is 0 Å². The lowest BCUT2D eigenvalue weighted by atomic mass is 10.0. The van der Waals surface area contributed by atoms with E-state index in [1.54, 1.807) is 31.4 Å². The molecule has 1 fully saturated rings. The Bertz CT molecular complexity index is 1050. The van der Waals surface area contributed by atoms with E-state index in [2.05, 4.69) is 22.1 Å². The second kappa shape index (κ2) is 12.4. The van der Waals surface area contributed by atoms with E-state index in [-0.39, 0.29) is 23.9 Å². The van der Waals surface area contributed by atoms with Gasteiger partial charge < -0.3 is 31.0 Å². The Labute approximate surface area is 207 Å². The number of carbonyl (C=O) groups is 1. The molecule has 2 unspecified atom stereocenters. The Kier molecular flexibility index (Phi) is 9.57. The first-order valence-electron chi connectivity index (χ1n) is 12.0. The monoisotopic (exact) mass is 501 g/mol. The number of anilines is 1. The van der Waals surface area contributed by atoms with Crippen molar-refractivity contribution in [3.05, 3.63) is 53.2 Å². The number of aromatic nitrogens is 1. The van der Waals surface area contributed by atoms with Gasteiger partial charge in [0.15, 0.2) is 0 Å². The lowest BCUT2D eigenvalue weighted by Gasteiger charge is -2.38. The zero-order valence-corrected chi connectivity index (χ0v) is 21.3. The van der Waals surface area contributed by atoms with Crippen molar-refractivity contribution in [3.63, 3.8) is 0 Å². The number of likely N-dealkylation sites (tertiary alicyclic amines) is 1. The molecule has 2 atom stereocenters. The minimum Gasteiger partial charge on any atom is -0.385 e. The molecule has 0 saturated carbocycles. The maximum atomic E-state index is 13.4. The van der Waals surface area contributed by atoms with Gasteiger partial charge in [-0.25, -0.2) is 4.98 Å². The van der Waals surface area contributed by atoms with Gasteiger partial charge in [0.25, 0.3) is 5.91 Å². The van der Waals surface area contributed by atoms with E-state index in [1.807, 2.05) is 0 Å². The molecule has 0 bridgehead atoms. The van der Waals surface area contributed by atoms with Crippen molar-refractivity contribution in [1.29, 1.82) is 5.41 Å². The number of hydrogen-bond donors (Lipinski definition) is 4. The van der Waals surface area contributed by atoms with Crippen molar-refractivity contribution in [1.82, 2.24) is 15.2 Å². The first kappa shape index (κ1) is 27.0. The zero-order chi connectivity index (χ0) is 25.4. The fourth-order valence-electron chi connectivity index (χ4n) is 4.55. The second-order valence-corrected chi connectivity index (χ2v) is 11.4. The Morgan fingerprint density at radius 1 is 1.37 bits per heavy atom. The number of nitrogen functional groups attached to an aromatic ring is 1. The van der Waals surface area contributed by atoms with Gasteiger partial charge in [-0.2, -0.15) is 0 Å². The number of pyridine rings is 1. The summed E-state index contributed by atoms with van der Waals surface area (Å²) in [4.78, 5) is 29.8. The molecule has 35 heavy (non-hydrogen) atoms. The van der Waals surface area contributed by atoms with Crippen LogP contribution in [0.15, 0.2) is 36.5 Å². The van der Waals surface area contributed by atoms with Crippen molar-refractivity contribution in [2.75, 3.05) is 32.5 Å². The lowest BCUT2D eigenvalue weighted by Crippen LogP contribution is -2.43. The Balaban J connectivity index is 1.56. The quantitative estimate of drug-likeness (QED) is 0.274. The maximum Gasteiger partial charge on any atom is 0.253 e. The smallest absolute Gasteiger partial charge is 0.253 e. The zero-order valence-electron chi connectivity index (χ0n) is 20.4. The van der Waals surface area contributed by atoms with E-state index in [0.717, 1.165) is 44.3 Å². The van der Waals surface area contributed by atoms with Gasteiger partial charge in [-0.15, -0.1) is 0 Å². The summed E-state index contributed by atoms with van der Waals surface area (Å²) < 4.78 is 18.6. The van der Waals surface area contributed by atoms with Crippen LogP contribution in [0.3, 0.4) is 0 Å². The number of piperidine rings is 1. The molecule has 0 aliphatic carbocycles. The predicted octanol–water partition coefficient (Wildman–Crippen LogP) is 2.77. The third-order valence-electron chi connectivity index (χ3n) is 6.76. The minimum absolute atomic E-state index is 0.197. The number of benzene rings is 1. The van der Waals surface area contributed by atoms with Crippen LogP contribution in [0, 0.1) is 5.41 Å². The van der Waals surface area contributed by atoms with Crippen LogP contribution in [0.1, 0.15) is 54.1 Å². The fraction of sp³-hybridized carbons (Fsp3) is 0.480. The summed E-state index contributed by atoms with van der Waals surface area (Å²) in [6.07, 6.45) is 5.84. The average molecular weight is 502 g/mol. The van der Waals surface area contributed by atoms with Crippen LogP contribution in [-0.4, -0.2) is 65.4 Å². The number of nitrogens with two attached hydrogens (primary N) is 1. The molecule has 190 valence electrons. The SMILES string of the molecule is CCC(CCOC)N1CCC(P(=O)(O)c2ccc(CNC(=O)c3cnc(N)c(C=N)c3)cc2)CC1. The Morgan fingerprint density at radius 3 is 2.66 bits per heavy atom. The van der Waals surface area contributed by atoms with Crippen LogP contribution in [-0.2, 0) is 15.8 Å². The molecule has 0 spiro atoms. The molecular weight excluding hydrogens is 465 g/mol. The number of nitrogens with one attached hydrogen (secondary N) is 2. The number of carbonyl (C=O) groups excluding carboxylic acids is 1. The van der Waals surface area contributed by atoms with Crippen LogP contribution in [0.5, 0.6) is 0 Å². The van der Waals surface area contributed by atoms with Crippen molar-refractivity contribution in [2.24, 2.45) is 0 Å². The van der Waals surface area contributed by atoms with Gasteiger partial charge in [-0.1, -0.05) is 19.1 Å². The highest BCUT2D eigenvalue weighted by molar-refractivity contribution is 7.66. The van der Waals surface area contributed by atoms with E-state index >= 15 is 0 Å². The van der Waals surface area contributed by atoms with E-state index in [0.29, 0.717) is 35.3 Å². The molecule has 2 heterocycles. The number of hydrogen-bond acceptors (Lipinski definition) is 7. The summed E-state index contributed by atoms with van der Waals surface area (Å²) in [6.45, 7) is 4.80.